The summed E-state index contributed by atoms with van der Waals surface area (Å²) in [4.78, 5) is 28.4. The van der Waals surface area contributed by atoms with Crippen LogP contribution in [-0.2, 0) is 16.0 Å². The number of likely N-dealkylation sites (N-methyl/N-ethyl adjacent to an activating group) is 1. The van der Waals surface area contributed by atoms with Gasteiger partial charge in [-0.2, -0.15) is 0 Å². The van der Waals surface area contributed by atoms with E-state index in [0.29, 0.717) is 24.5 Å². The Kier molecular flexibility index (Phi) is 9.16. The highest BCUT2D eigenvalue weighted by Gasteiger charge is 2.41. The van der Waals surface area contributed by atoms with Gasteiger partial charge in [-0.05, 0) is 64.3 Å². The van der Waals surface area contributed by atoms with Gasteiger partial charge in [0.25, 0.3) is 5.91 Å². The van der Waals surface area contributed by atoms with Gasteiger partial charge in [-0.15, -0.1) is 0 Å². The molecule has 3 N–H and O–H groups in total. The van der Waals surface area contributed by atoms with Gasteiger partial charge >= 0.3 is 0 Å². The molecule has 2 atom stereocenters. The fraction of sp³-hybridized carbons (Fsp3) is 0.680. The SMILES string of the molecule is CN[C@H](Cc1ccc(Cl)cc1)C(=O)NN1CC[C@H](N(C(=O)C(C)(C)CO)C2CCCCC2)C1. The lowest BCUT2D eigenvalue weighted by molar-refractivity contribution is -0.148. The summed E-state index contributed by atoms with van der Waals surface area (Å²) in [6.07, 6.45) is 6.89. The Labute approximate surface area is 202 Å². The zero-order chi connectivity index (χ0) is 24.0. The summed E-state index contributed by atoms with van der Waals surface area (Å²) in [6, 6.07) is 7.41. The normalized spacial score (nSPS) is 21.1. The number of amides is 2. The first-order valence-corrected chi connectivity index (χ1v) is 12.5. The second-order valence-electron chi connectivity index (χ2n) is 10.1. The maximum Gasteiger partial charge on any atom is 0.251 e. The van der Waals surface area contributed by atoms with Crippen molar-refractivity contribution in [3.8, 4) is 0 Å². The molecule has 1 aromatic rings. The monoisotopic (exact) mass is 478 g/mol. The van der Waals surface area contributed by atoms with Gasteiger partial charge in [0.05, 0.1) is 18.1 Å². The van der Waals surface area contributed by atoms with Crippen molar-refractivity contribution in [3.05, 3.63) is 34.9 Å². The summed E-state index contributed by atoms with van der Waals surface area (Å²) in [5.41, 5.74) is 3.29. The molecular formula is C25H39ClN4O3. The Morgan fingerprint density at radius 3 is 2.42 bits per heavy atom. The molecule has 1 aliphatic carbocycles. The zero-order valence-electron chi connectivity index (χ0n) is 20.1. The highest BCUT2D eigenvalue weighted by atomic mass is 35.5. The topological polar surface area (TPSA) is 84.9 Å². The molecule has 2 fully saturated rings. The first-order chi connectivity index (χ1) is 15.7. The fourth-order valence-corrected chi connectivity index (χ4v) is 5.02. The van der Waals surface area contributed by atoms with E-state index in [2.05, 4.69) is 10.7 Å². The molecule has 2 amide bonds. The number of carbonyl (C=O) groups is 2. The Balaban J connectivity index is 1.63. The maximum atomic E-state index is 13.4. The third-order valence-corrected chi connectivity index (χ3v) is 7.27. The number of nitrogens with zero attached hydrogens (tertiary/aromatic N) is 2. The number of aliphatic hydroxyl groups excluding tert-OH is 1. The standard InChI is InChI=1S/C25H39ClN4O3/c1-25(2,17-31)24(33)30(20-7-5-4-6-8-20)21-13-14-29(16-21)28-23(32)22(27-3)15-18-9-11-19(26)12-10-18/h9-12,20-22,27,31H,4-8,13-17H2,1-3H3,(H,28,32)/t21-,22+/m0/s1. The minimum absolute atomic E-state index is 0.0194. The molecule has 33 heavy (non-hydrogen) atoms. The molecule has 3 rings (SSSR count). The minimum Gasteiger partial charge on any atom is -0.395 e. The molecule has 1 aromatic carbocycles. The fourth-order valence-electron chi connectivity index (χ4n) is 4.89. The quantitative estimate of drug-likeness (QED) is 0.508. The van der Waals surface area contributed by atoms with Crippen molar-refractivity contribution in [1.82, 2.24) is 20.7 Å². The van der Waals surface area contributed by atoms with Crippen molar-refractivity contribution in [2.75, 3.05) is 26.7 Å². The Hall–Kier alpha value is -1.67. The molecular weight excluding hydrogens is 440 g/mol. The van der Waals surface area contributed by atoms with Gasteiger partial charge in [-0.25, -0.2) is 5.01 Å². The summed E-state index contributed by atoms with van der Waals surface area (Å²) >= 11 is 5.97. The second kappa shape index (κ2) is 11.6. The minimum atomic E-state index is -0.802. The van der Waals surface area contributed by atoms with Crippen LogP contribution in [0.1, 0.15) is 57.9 Å². The number of aliphatic hydroxyl groups is 1. The number of carbonyl (C=O) groups excluding carboxylic acids is 2. The zero-order valence-corrected chi connectivity index (χ0v) is 20.9. The van der Waals surface area contributed by atoms with E-state index < -0.39 is 5.41 Å². The van der Waals surface area contributed by atoms with Gasteiger partial charge in [0, 0.05) is 30.2 Å². The lowest BCUT2D eigenvalue weighted by Gasteiger charge is -2.42. The predicted molar refractivity (Wildman–Crippen MR) is 131 cm³/mol. The number of hydrogen-bond acceptors (Lipinski definition) is 5. The van der Waals surface area contributed by atoms with Gasteiger partial charge in [0.15, 0.2) is 0 Å². The highest BCUT2D eigenvalue weighted by Crippen LogP contribution is 2.31. The predicted octanol–water partition coefficient (Wildman–Crippen LogP) is 2.76. The van der Waals surface area contributed by atoms with Crippen LogP contribution in [0.25, 0.3) is 0 Å². The van der Waals surface area contributed by atoms with Crippen LogP contribution in [0, 0.1) is 5.41 Å². The van der Waals surface area contributed by atoms with E-state index >= 15 is 0 Å². The van der Waals surface area contributed by atoms with E-state index in [1.807, 2.05) is 48.0 Å². The van der Waals surface area contributed by atoms with Crippen molar-refractivity contribution in [2.45, 2.75) is 76.9 Å². The maximum absolute atomic E-state index is 13.4. The van der Waals surface area contributed by atoms with Crippen molar-refractivity contribution < 1.29 is 14.7 Å². The van der Waals surface area contributed by atoms with Crippen molar-refractivity contribution >= 4 is 23.4 Å². The van der Waals surface area contributed by atoms with Gasteiger partial charge < -0.3 is 15.3 Å². The van der Waals surface area contributed by atoms with E-state index in [1.54, 1.807) is 7.05 Å². The van der Waals surface area contributed by atoms with Gasteiger partial charge in [-0.1, -0.05) is 43.0 Å². The van der Waals surface area contributed by atoms with Crippen LogP contribution < -0.4 is 10.7 Å². The molecule has 2 aliphatic rings. The molecule has 0 spiro atoms. The smallest absolute Gasteiger partial charge is 0.251 e. The van der Waals surface area contributed by atoms with E-state index in [0.717, 1.165) is 37.7 Å². The molecule has 0 unspecified atom stereocenters. The average molecular weight is 479 g/mol. The molecule has 1 saturated carbocycles. The lowest BCUT2D eigenvalue weighted by atomic mass is 9.87. The van der Waals surface area contributed by atoms with Crippen molar-refractivity contribution in [3.63, 3.8) is 0 Å². The molecule has 0 radical (unpaired) electrons. The van der Waals surface area contributed by atoms with Crippen LogP contribution in [0.15, 0.2) is 24.3 Å². The first kappa shape index (κ1) is 25.9. The number of halogens is 1. The molecule has 7 nitrogen and oxygen atoms in total. The van der Waals surface area contributed by atoms with E-state index in [1.165, 1.54) is 6.42 Å². The second-order valence-corrected chi connectivity index (χ2v) is 10.5. The van der Waals surface area contributed by atoms with E-state index in [-0.39, 0.29) is 36.5 Å². The molecule has 0 aromatic heterocycles. The molecule has 1 saturated heterocycles. The first-order valence-electron chi connectivity index (χ1n) is 12.2. The molecule has 1 heterocycles. The number of rotatable bonds is 9. The lowest BCUT2D eigenvalue weighted by Crippen LogP contribution is -2.55. The largest absolute Gasteiger partial charge is 0.395 e. The van der Waals surface area contributed by atoms with Crippen LogP contribution >= 0.6 is 11.6 Å². The van der Waals surface area contributed by atoms with Gasteiger partial charge in [-0.3, -0.25) is 15.0 Å². The number of hydrogen-bond donors (Lipinski definition) is 3. The average Bonchev–Trinajstić information content (AvgIpc) is 3.27. The van der Waals surface area contributed by atoms with E-state index in [9.17, 15) is 14.7 Å². The van der Waals surface area contributed by atoms with Crippen LogP contribution in [0.3, 0.4) is 0 Å². The van der Waals surface area contributed by atoms with Gasteiger partial charge in [0.1, 0.15) is 0 Å². The van der Waals surface area contributed by atoms with E-state index in [4.69, 9.17) is 11.6 Å². The Bertz CT molecular complexity index is 795. The van der Waals surface area contributed by atoms with Crippen LogP contribution in [0.5, 0.6) is 0 Å². The number of benzene rings is 1. The van der Waals surface area contributed by atoms with Gasteiger partial charge in [0.2, 0.25) is 5.91 Å². The van der Waals surface area contributed by atoms with Crippen LogP contribution in [-0.4, -0.2) is 71.7 Å². The highest BCUT2D eigenvalue weighted by molar-refractivity contribution is 6.30. The van der Waals surface area contributed by atoms with Crippen LogP contribution in [0.2, 0.25) is 5.02 Å². The molecule has 1 aliphatic heterocycles. The van der Waals surface area contributed by atoms with Crippen LogP contribution in [0.4, 0.5) is 0 Å². The summed E-state index contributed by atoms with van der Waals surface area (Å²) < 4.78 is 0. The summed E-state index contributed by atoms with van der Waals surface area (Å²) in [5, 5.41) is 15.5. The molecule has 184 valence electrons. The third-order valence-electron chi connectivity index (χ3n) is 7.02. The summed E-state index contributed by atoms with van der Waals surface area (Å²) in [7, 11) is 1.79. The Morgan fingerprint density at radius 2 is 1.82 bits per heavy atom. The summed E-state index contributed by atoms with van der Waals surface area (Å²) in [5.74, 6) is -0.0646. The third kappa shape index (κ3) is 6.69. The Morgan fingerprint density at radius 1 is 1.15 bits per heavy atom. The summed E-state index contributed by atoms with van der Waals surface area (Å²) in [6.45, 7) is 4.76. The van der Waals surface area contributed by atoms with Crippen molar-refractivity contribution in [1.29, 1.82) is 0 Å². The molecule has 0 bridgehead atoms. The number of nitrogens with one attached hydrogen (secondary N) is 2. The molecule has 8 heteroatoms. The number of hydrazine groups is 1. The van der Waals surface area contributed by atoms with Crippen molar-refractivity contribution in [2.24, 2.45) is 5.41 Å².